The van der Waals surface area contributed by atoms with Gasteiger partial charge in [0.1, 0.15) is 85.5 Å². The largest absolute Gasteiger partial charge is 0.432 e. The summed E-state index contributed by atoms with van der Waals surface area (Å²) < 4.78 is 47.7. The highest BCUT2D eigenvalue weighted by atomic mass is 16.8. The Hall–Kier alpha value is -1.81. The van der Waals surface area contributed by atoms with Gasteiger partial charge in [-0.15, -0.1) is 0 Å². The van der Waals surface area contributed by atoms with E-state index >= 15 is 0 Å². The number of ether oxygens (including phenoxy) is 8. The Kier molecular flexibility index (Phi) is 15.7. The molecule has 9 aliphatic rings. The van der Waals surface area contributed by atoms with Gasteiger partial charge in [0, 0.05) is 5.92 Å². The van der Waals surface area contributed by atoms with E-state index in [1.807, 2.05) is 0 Å². The summed E-state index contributed by atoms with van der Waals surface area (Å²) in [4.78, 5) is 14.6. The maximum atomic E-state index is 14.6. The Morgan fingerprint density at radius 1 is 0.658 bits per heavy atom. The van der Waals surface area contributed by atoms with Gasteiger partial charge in [0.25, 0.3) is 0 Å². The molecule has 73 heavy (non-hydrogen) atoms. The molecule has 12 N–H and O–H groups in total. The number of aliphatic hydroxyl groups is 12. The van der Waals surface area contributed by atoms with E-state index in [2.05, 4.69) is 47.3 Å². The quantitative estimate of drug-likeness (QED) is 0.0721. The molecule has 21 nitrogen and oxygen atoms in total. The maximum Gasteiger partial charge on any atom is 0.315 e. The van der Waals surface area contributed by atoms with Crippen LogP contribution < -0.4 is 0 Å². The highest BCUT2D eigenvalue weighted by Gasteiger charge is 2.70. The molecular weight excluding hydrogens is 961 g/mol. The molecule has 416 valence electrons. The van der Waals surface area contributed by atoms with Crippen LogP contribution in [-0.4, -0.2) is 210 Å². The summed E-state index contributed by atoms with van der Waals surface area (Å²) in [5, 5.41) is 128. The minimum atomic E-state index is -1.81. The third-order valence-electron chi connectivity index (χ3n) is 20.4. The van der Waals surface area contributed by atoms with Crippen LogP contribution in [0.2, 0.25) is 0 Å². The topological polar surface area (TPSA) is 334 Å². The van der Waals surface area contributed by atoms with Gasteiger partial charge in [0.2, 0.25) is 6.29 Å². The van der Waals surface area contributed by atoms with Crippen LogP contribution >= 0.6 is 0 Å². The second-order valence-electron chi connectivity index (χ2n) is 24.4. The van der Waals surface area contributed by atoms with Crippen LogP contribution in [0.5, 0.6) is 0 Å². The van der Waals surface area contributed by atoms with E-state index in [4.69, 9.17) is 37.9 Å². The fraction of sp³-hybridized carbons (Fsp3) is 0.904. The van der Waals surface area contributed by atoms with Crippen molar-refractivity contribution in [2.45, 2.75) is 229 Å². The van der Waals surface area contributed by atoms with Crippen molar-refractivity contribution in [2.24, 2.45) is 44.8 Å². The Labute approximate surface area is 426 Å². The molecule has 5 aliphatic carbocycles. The van der Waals surface area contributed by atoms with Gasteiger partial charge in [-0.25, -0.2) is 0 Å². The van der Waals surface area contributed by atoms with E-state index in [1.165, 1.54) is 12.5 Å². The summed E-state index contributed by atoms with van der Waals surface area (Å²) in [5.41, 5.74) is 0.247. The van der Waals surface area contributed by atoms with Crippen LogP contribution in [0.25, 0.3) is 0 Å². The molecule has 4 heterocycles. The number of rotatable bonds is 10. The molecule has 8 fully saturated rings. The first kappa shape index (κ1) is 55.9. The van der Waals surface area contributed by atoms with Gasteiger partial charge in [-0.05, 0) is 105 Å². The van der Waals surface area contributed by atoms with Crippen molar-refractivity contribution < 1.29 is 104 Å². The highest BCUT2D eigenvalue weighted by molar-refractivity contribution is 5.79. The number of carbonyl (C=O) groups is 1. The van der Waals surface area contributed by atoms with Gasteiger partial charge in [-0.1, -0.05) is 58.4 Å². The fourth-order valence-electron chi connectivity index (χ4n) is 15.8. The van der Waals surface area contributed by atoms with Gasteiger partial charge in [0.15, 0.2) is 18.9 Å². The lowest BCUT2D eigenvalue weighted by molar-refractivity contribution is -0.385. The standard InChI is InChI=1S/C52H82O21/c1-22-10-15-52(47(65)73-45-39(63)36(60)33(57)27(19-53)68-45)17-16-50(6)24(25(52)18-22)8-9-30-49(5)13-12-31(48(3,4)29(49)11-14-51(30,50)7)70-43-40(64)41(26(55)21-66-43)71-46-42(37(61)34(58)28(20-54)69-46)72-44-38(62)35(59)32(56)23(2)67-44/h8,23,25-46,53-64H,1,9-21H2,2-7H3/t23-,25-,26+,27+,28+,29-,30+,31-,32-,33+,34+,35+,36-,37-,38+,39+,40+,41-,42+,43-,44-,45-,46-,49-,50+,51+,52-/m0/s1. The minimum absolute atomic E-state index is 0.161. The SMILES string of the molecule is C=C1CC[C@]2(C(=O)O[C@@H]3O[C@H](CO)[C@@H](O)[C@H](O)[C@H]3O)CC[C@]3(C)C(=CC[C@@H]4[C@@]5(C)CC[C@H](O[C@@H]6OC[C@@H](O)[C@H](O[C@@H]7O[C@H](CO)[C@@H](O)[C@H](O)[C@H]7O[C@@H]7O[C@@H](C)[C@H](O)[C@@H](O)[C@H]7O)[C@H]6O)C(C)(C)[C@@H]5CC[C@]43C)[C@@H]2C1. The van der Waals surface area contributed by atoms with E-state index in [9.17, 15) is 66.1 Å². The molecule has 4 saturated carbocycles. The van der Waals surface area contributed by atoms with Gasteiger partial charge in [-0.3, -0.25) is 4.79 Å². The molecule has 0 aromatic rings. The van der Waals surface area contributed by atoms with E-state index in [0.717, 1.165) is 31.3 Å². The summed E-state index contributed by atoms with van der Waals surface area (Å²) in [5.74, 6) is -0.338. The van der Waals surface area contributed by atoms with Gasteiger partial charge in [-0.2, -0.15) is 0 Å². The summed E-state index contributed by atoms with van der Waals surface area (Å²) >= 11 is 0. The molecule has 0 aromatic heterocycles. The van der Waals surface area contributed by atoms with Crippen molar-refractivity contribution in [1.29, 1.82) is 0 Å². The van der Waals surface area contributed by atoms with Crippen molar-refractivity contribution in [3.8, 4) is 0 Å². The van der Waals surface area contributed by atoms with Gasteiger partial charge >= 0.3 is 5.97 Å². The van der Waals surface area contributed by atoms with Crippen LogP contribution in [0.15, 0.2) is 23.8 Å². The first-order valence-electron chi connectivity index (χ1n) is 26.4. The Morgan fingerprint density at radius 3 is 1.97 bits per heavy atom. The summed E-state index contributed by atoms with van der Waals surface area (Å²) in [7, 11) is 0. The average Bonchev–Trinajstić information content (AvgIpc) is 3.35. The summed E-state index contributed by atoms with van der Waals surface area (Å²) in [6.45, 7) is 15.7. The third kappa shape index (κ3) is 9.02. The average molecular weight is 1040 g/mol. The van der Waals surface area contributed by atoms with Crippen molar-refractivity contribution in [1.82, 2.24) is 0 Å². The number of hydrogen-bond acceptors (Lipinski definition) is 21. The van der Waals surface area contributed by atoms with Crippen LogP contribution in [0.4, 0.5) is 0 Å². The van der Waals surface area contributed by atoms with Gasteiger partial charge < -0.3 is 99.2 Å². The second kappa shape index (κ2) is 20.4. The molecule has 4 aliphatic heterocycles. The normalized spacial score (nSPS) is 54.0. The highest BCUT2D eigenvalue weighted by Crippen LogP contribution is 2.75. The zero-order valence-electron chi connectivity index (χ0n) is 42.8. The van der Waals surface area contributed by atoms with Crippen LogP contribution in [-0.2, 0) is 42.7 Å². The van der Waals surface area contributed by atoms with Crippen molar-refractivity contribution in [2.75, 3.05) is 19.8 Å². The molecule has 4 saturated heterocycles. The number of hydrogen-bond donors (Lipinski definition) is 12. The number of esters is 1. The lowest BCUT2D eigenvalue weighted by Gasteiger charge is -2.71. The predicted molar refractivity (Wildman–Crippen MR) is 251 cm³/mol. The van der Waals surface area contributed by atoms with E-state index in [-0.39, 0.29) is 40.6 Å². The lowest BCUT2D eigenvalue weighted by atomic mass is 9.34. The van der Waals surface area contributed by atoms with Crippen molar-refractivity contribution in [3.05, 3.63) is 23.8 Å². The fourth-order valence-corrected chi connectivity index (χ4v) is 15.8. The van der Waals surface area contributed by atoms with Crippen molar-refractivity contribution in [3.63, 3.8) is 0 Å². The van der Waals surface area contributed by atoms with Crippen LogP contribution in [0, 0.1) is 44.8 Å². The molecule has 0 bridgehead atoms. The van der Waals surface area contributed by atoms with Crippen LogP contribution in [0.3, 0.4) is 0 Å². The smallest absolute Gasteiger partial charge is 0.315 e. The molecule has 0 radical (unpaired) electrons. The predicted octanol–water partition coefficient (Wildman–Crippen LogP) is -0.839. The molecule has 21 heteroatoms. The Morgan fingerprint density at radius 2 is 1.29 bits per heavy atom. The van der Waals surface area contributed by atoms with E-state index in [1.54, 1.807) is 0 Å². The minimum Gasteiger partial charge on any atom is -0.432 e. The third-order valence-corrected chi connectivity index (χ3v) is 20.4. The first-order valence-corrected chi connectivity index (χ1v) is 26.4. The molecule has 0 aromatic carbocycles. The van der Waals surface area contributed by atoms with E-state index in [0.29, 0.717) is 38.5 Å². The Balaban J connectivity index is 0.908. The number of allylic oxidation sites excluding steroid dienone is 3. The molecule has 0 unspecified atom stereocenters. The van der Waals surface area contributed by atoms with E-state index < -0.39 is 153 Å². The maximum absolute atomic E-state index is 14.6. The van der Waals surface area contributed by atoms with Crippen molar-refractivity contribution >= 4 is 5.97 Å². The number of aliphatic hydroxyl groups excluding tert-OH is 12. The summed E-state index contributed by atoms with van der Waals surface area (Å²) in [6.07, 6.45) is -20.5. The number of carbonyl (C=O) groups excluding carboxylic acids is 1. The molecule has 0 spiro atoms. The number of fused-ring (bicyclic) bond motifs is 7. The lowest BCUT2D eigenvalue weighted by Crippen LogP contribution is -2.66. The molecule has 0 amide bonds. The second-order valence-corrected chi connectivity index (χ2v) is 24.4. The summed E-state index contributed by atoms with van der Waals surface area (Å²) in [6, 6.07) is 0. The monoisotopic (exact) mass is 1040 g/mol. The molecule has 9 rings (SSSR count). The zero-order chi connectivity index (χ0) is 53.1. The molecular formula is C52H82O21. The Bertz CT molecular complexity index is 2040. The molecule has 27 atom stereocenters. The van der Waals surface area contributed by atoms with Gasteiger partial charge in [0.05, 0.1) is 37.4 Å². The zero-order valence-corrected chi connectivity index (χ0v) is 42.8. The van der Waals surface area contributed by atoms with Crippen LogP contribution in [0.1, 0.15) is 106 Å². The first-order chi connectivity index (χ1) is 34.3.